The predicted octanol–water partition coefficient (Wildman–Crippen LogP) is 5.20. The van der Waals surface area contributed by atoms with Gasteiger partial charge in [-0.05, 0) is 94.4 Å². The summed E-state index contributed by atoms with van der Waals surface area (Å²) in [5.74, 6) is -0.541. The average Bonchev–Trinajstić information content (AvgIpc) is 3.67. The Labute approximate surface area is 439 Å². The molecular weight excluding hydrogens is 959 g/mol. The molecule has 8 bridgehead atoms. The molecule has 13 rings (SSSR count). The third kappa shape index (κ3) is 10.2. The molecule has 4 aromatic rings. The number of amides is 2. The second kappa shape index (κ2) is 21.1. The third-order valence-corrected chi connectivity index (χ3v) is 17.3. The summed E-state index contributed by atoms with van der Waals surface area (Å²) >= 11 is 0. The van der Waals surface area contributed by atoms with Crippen LogP contribution < -0.4 is 15.6 Å². The molecule has 404 valence electrons. The number of carbonyl (C=O) groups is 3. The maximum atomic E-state index is 15.2. The highest BCUT2D eigenvalue weighted by molar-refractivity contribution is 5.96. The molecule has 19 heteroatoms. The fourth-order valence-corrected chi connectivity index (χ4v) is 12.8. The maximum absolute atomic E-state index is 15.2. The molecule has 75 heavy (non-hydrogen) atoms. The molecule has 1 aromatic carbocycles. The Morgan fingerprint density at radius 1 is 0.947 bits per heavy atom. The number of benzene rings is 1. The van der Waals surface area contributed by atoms with E-state index < -0.39 is 41.0 Å². The summed E-state index contributed by atoms with van der Waals surface area (Å²) in [6.07, 6.45) is 10.5. The number of morpholine rings is 1. The fraction of sp³-hybridized carbons (Fsp3) is 0.661. The van der Waals surface area contributed by atoms with Crippen molar-refractivity contribution >= 4 is 34.4 Å². The van der Waals surface area contributed by atoms with Gasteiger partial charge in [0.15, 0.2) is 0 Å². The van der Waals surface area contributed by atoms with E-state index in [1.807, 2.05) is 6.20 Å². The lowest BCUT2D eigenvalue weighted by Crippen LogP contribution is -2.65. The number of nitrogens with zero attached hydrogens (tertiary/aromatic N) is 7. The lowest BCUT2D eigenvalue weighted by Gasteiger charge is -2.42. The zero-order chi connectivity index (χ0) is 51.4. The van der Waals surface area contributed by atoms with Crippen LogP contribution in [0.2, 0.25) is 0 Å². The number of aromatic nitrogens is 3. The molecule has 2 N–H and O–H groups in total. The van der Waals surface area contributed by atoms with Crippen molar-refractivity contribution in [2.24, 2.45) is 11.3 Å². The number of carbonyl (C=O) groups excluding carboxylic acids is 3. The summed E-state index contributed by atoms with van der Waals surface area (Å²) in [5, 5.41) is 5.68. The van der Waals surface area contributed by atoms with Crippen molar-refractivity contribution in [2.45, 2.75) is 127 Å². The number of cyclic esters (lactones) is 1. The van der Waals surface area contributed by atoms with Crippen LogP contribution in [-0.4, -0.2) is 176 Å². The van der Waals surface area contributed by atoms with Crippen LogP contribution in [0.5, 0.6) is 0 Å². The highest BCUT2D eigenvalue weighted by Gasteiger charge is 2.58. The van der Waals surface area contributed by atoms with Gasteiger partial charge in [-0.2, -0.15) is 0 Å². The number of piperazine rings is 1. The zero-order valence-corrected chi connectivity index (χ0v) is 44.2. The van der Waals surface area contributed by atoms with Crippen molar-refractivity contribution < 1.29 is 47.2 Å². The van der Waals surface area contributed by atoms with Gasteiger partial charge in [-0.3, -0.25) is 34.2 Å². The van der Waals surface area contributed by atoms with Gasteiger partial charge in [0.05, 0.1) is 68.5 Å². The summed E-state index contributed by atoms with van der Waals surface area (Å²) in [6.45, 7) is 15.4. The molecule has 3 aromatic heterocycles. The van der Waals surface area contributed by atoms with Crippen molar-refractivity contribution in [3.63, 3.8) is 0 Å². The molecule has 8 fully saturated rings. The largest absolute Gasteiger partial charge is 0.464 e. The van der Waals surface area contributed by atoms with Crippen LogP contribution in [0.15, 0.2) is 41.1 Å². The van der Waals surface area contributed by atoms with E-state index in [-0.39, 0.29) is 24.7 Å². The van der Waals surface area contributed by atoms with Gasteiger partial charge in [0.2, 0.25) is 5.89 Å². The highest BCUT2D eigenvalue weighted by atomic mass is 16.5. The molecule has 2 aliphatic carbocycles. The summed E-state index contributed by atoms with van der Waals surface area (Å²) in [7, 11) is 1.73. The Balaban J connectivity index is 1.00. The van der Waals surface area contributed by atoms with E-state index in [0.29, 0.717) is 115 Å². The number of oxazole rings is 1. The number of nitrogens with one attached hydrogen (secondary N) is 2. The number of hydrogen-bond acceptors (Lipinski definition) is 16. The Morgan fingerprint density at radius 2 is 1.73 bits per heavy atom. The number of pyridine rings is 1. The number of fused-ring (bicyclic) bond motifs is 7. The van der Waals surface area contributed by atoms with E-state index in [1.165, 1.54) is 17.9 Å². The van der Waals surface area contributed by atoms with Gasteiger partial charge in [-0.25, -0.2) is 10.4 Å². The predicted molar refractivity (Wildman–Crippen MR) is 277 cm³/mol. The summed E-state index contributed by atoms with van der Waals surface area (Å²) in [5.41, 5.74) is 9.13. The lowest BCUT2D eigenvalue weighted by atomic mass is 9.74. The quantitative estimate of drug-likeness (QED) is 0.176. The average molecular weight is 1030 g/mol. The Bertz CT molecular complexity index is 2730. The van der Waals surface area contributed by atoms with Crippen LogP contribution in [-0.2, 0) is 55.8 Å². The first-order chi connectivity index (χ1) is 36.4. The Hall–Kier alpha value is -4.99. The summed E-state index contributed by atoms with van der Waals surface area (Å²) in [6, 6.07) is 6.73. The van der Waals surface area contributed by atoms with E-state index in [9.17, 15) is 9.59 Å². The SMILES string of the molecule is CO[C@@H](C)c1ncc(N2CCN(C3CC3)CC2)cc1-c1c2c3cc(ccc3n1CCOC1CCOCC1)-c1coc(n1)[C@@H](N1CCOCC1)[C@H](NC(=O)C13CC(CO1)C3)C(=O)N1CCC[C@H](N1)C(=O)OCC(C)(C)C2. The molecule has 0 spiro atoms. The van der Waals surface area contributed by atoms with E-state index in [2.05, 4.69) is 75.0 Å². The van der Waals surface area contributed by atoms with Gasteiger partial charge in [-0.1, -0.05) is 19.9 Å². The molecule has 7 aliphatic heterocycles. The number of anilines is 1. The van der Waals surface area contributed by atoms with Crippen LogP contribution in [0.4, 0.5) is 5.69 Å². The van der Waals surface area contributed by atoms with Crippen molar-refractivity contribution in [1.29, 1.82) is 0 Å². The maximum Gasteiger partial charge on any atom is 0.324 e. The Kier molecular flexibility index (Phi) is 14.3. The molecule has 19 nitrogen and oxygen atoms in total. The molecule has 10 heterocycles. The number of hydrogen-bond donors (Lipinski definition) is 2. The summed E-state index contributed by atoms with van der Waals surface area (Å²) < 4.78 is 45.6. The smallest absolute Gasteiger partial charge is 0.324 e. The van der Waals surface area contributed by atoms with Gasteiger partial charge in [0.25, 0.3) is 11.8 Å². The highest BCUT2D eigenvalue weighted by Crippen LogP contribution is 2.49. The first kappa shape index (κ1) is 50.8. The van der Waals surface area contributed by atoms with Crippen LogP contribution in [0, 0.1) is 11.3 Å². The number of esters is 1. The minimum atomic E-state index is -1.15. The van der Waals surface area contributed by atoms with Crippen LogP contribution >= 0.6 is 0 Å². The normalized spacial score (nSPS) is 28.5. The first-order valence-electron chi connectivity index (χ1n) is 27.8. The monoisotopic (exact) mass is 1030 g/mol. The topological polar surface area (TPSA) is 187 Å². The van der Waals surface area contributed by atoms with Gasteiger partial charge in [-0.15, -0.1) is 0 Å². The zero-order valence-electron chi connectivity index (χ0n) is 44.2. The molecular formula is C56H75N9O10. The van der Waals surface area contributed by atoms with Crippen LogP contribution in [0.25, 0.3) is 33.4 Å². The van der Waals surface area contributed by atoms with Crippen molar-refractivity contribution in [3.05, 3.63) is 53.9 Å². The van der Waals surface area contributed by atoms with E-state index >= 15 is 4.79 Å². The standard InChI is InChI=1S/C56H75N9O10/c1-35(69-4)47-42(27-39(31-57-47)62-16-14-61(15-17-62)38-8-9-38)49-43-30-55(2,3)34-74-53(67)44-6-5-13-65(60-44)52(66)48(59-54(68)56-28-36(29-56)32-75-56)50(63-18-23-71-24-19-63)51-58-45(33-73-51)37-7-10-46(41(43)26-37)64(49)20-25-72-40-11-21-70-22-12-40/h7,10,26-27,31,33,35-36,38,40,44,48,50,60H,5-6,8-9,11-25,28-30,32,34H2,1-4H3,(H,59,68)/t35-,36?,44-,48-,50-,56?/m0/s1. The Morgan fingerprint density at radius 3 is 2.48 bits per heavy atom. The van der Waals surface area contributed by atoms with E-state index in [1.54, 1.807) is 13.4 Å². The molecule has 6 saturated heterocycles. The second-order valence-corrected chi connectivity index (χ2v) is 23.1. The molecule has 9 aliphatic rings. The number of hydrazine groups is 1. The fourth-order valence-electron chi connectivity index (χ4n) is 12.8. The van der Waals surface area contributed by atoms with Gasteiger partial charge >= 0.3 is 5.97 Å². The molecule has 2 saturated carbocycles. The second-order valence-electron chi connectivity index (χ2n) is 23.1. The van der Waals surface area contributed by atoms with E-state index in [0.717, 1.165) is 89.7 Å². The first-order valence-corrected chi connectivity index (χ1v) is 27.8. The summed E-state index contributed by atoms with van der Waals surface area (Å²) in [4.78, 5) is 61.7. The molecule has 4 atom stereocenters. The number of rotatable bonds is 12. The molecule has 2 amide bonds. The van der Waals surface area contributed by atoms with E-state index in [4.69, 9.17) is 42.8 Å². The third-order valence-electron chi connectivity index (χ3n) is 17.3. The van der Waals surface area contributed by atoms with Gasteiger partial charge in [0, 0.05) is 106 Å². The number of methoxy groups -OCH3 is 1. The van der Waals surface area contributed by atoms with Crippen LogP contribution in [0.3, 0.4) is 0 Å². The molecule has 0 radical (unpaired) electrons. The van der Waals surface area contributed by atoms with Crippen molar-refractivity contribution in [1.82, 2.24) is 40.1 Å². The lowest BCUT2D eigenvalue weighted by molar-refractivity contribution is -0.158. The van der Waals surface area contributed by atoms with Crippen molar-refractivity contribution in [3.8, 4) is 22.5 Å². The van der Waals surface area contributed by atoms with Crippen LogP contribution in [0.1, 0.15) is 101 Å². The van der Waals surface area contributed by atoms with Gasteiger partial charge < -0.3 is 47.6 Å². The van der Waals surface area contributed by atoms with Crippen molar-refractivity contribution in [2.75, 3.05) is 104 Å². The number of ether oxygens (including phenoxy) is 6. The van der Waals surface area contributed by atoms with Gasteiger partial charge in [0.1, 0.15) is 35.7 Å². The molecule has 0 unspecified atom stereocenters. The minimum Gasteiger partial charge on any atom is -0.464 e. The minimum absolute atomic E-state index is 0.112.